The molecule has 0 heterocycles. The first-order chi connectivity index (χ1) is 17.1. The van der Waals surface area contributed by atoms with Crippen molar-refractivity contribution < 1.29 is 99.6 Å². The smallest absolute Gasteiger partial charge is 0.550 e. The van der Waals surface area contributed by atoms with Crippen molar-refractivity contribution in [1.82, 2.24) is 0 Å². The van der Waals surface area contributed by atoms with Crippen LogP contribution in [0.15, 0.2) is 38.0 Å². The van der Waals surface area contributed by atoms with Crippen LogP contribution in [-0.2, 0) is 38.4 Å². The van der Waals surface area contributed by atoms with Gasteiger partial charge in [0.2, 0.25) is 0 Å². The normalized spacial score (nSPS) is 8.45. The third-order valence-corrected chi connectivity index (χ3v) is 3.31. The number of carbonyl (C=O) groups is 8. The molecular weight excluding hydrogens is 637 g/mol. The summed E-state index contributed by atoms with van der Waals surface area (Å²) in [5.41, 5.74) is 0. The Kier molecular flexibility index (Phi) is 38.1. The maximum absolute atomic E-state index is 10.5. The van der Waals surface area contributed by atoms with Crippen molar-refractivity contribution in [3.8, 4) is 0 Å². The van der Waals surface area contributed by atoms with E-state index < -0.39 is 43.1 Å². The van der Waals surface area contributed by atoms with E-state index in [-0.39, 0.29) is 89.7 Å². The van der Waals surface area contributed by atoms with Crippen LogP contribution in [-0.4, -0.2) is 52.1 Å². The number of carbonyl (C=O) groups excluding carboxylic acids is 7. The minimum Gasteiger partial charge on any atom is -0.550 e. The molecule has 0 aliphatic rings. The van der Waals surface area contributed by atoms with E-state index in [1.54, 1.807) is 18.2 Å². The van der Waals surface area contributed by atoms with Crippen molar-refractivity contribution in [2.45, 2.75) is 71.1 Å². The van der Waals surface area contributed by atoms with E-state index in [1.165, 1.54) is 6.92 Å². The van der Waals surface area contributed by atoms with Gasteiger partial charge in [-0.15, -0.1) is 19.7 Å². The fourth-order valence-corrected chi connectivity index (χ4v) is 1.75. The van der Waals surface area contributed by atoms with Crippen molar-refractivity contribution in [3.05, 3.63) is 38.0 Å². The zero-order valence-electron chi connectivity index (χ0n) is 21.4. The fraction of sp³-hybridized carbons (Fsp3) is 0.440. The van der Waals surface area contributed by atoms with Gasteiger partial charge in [0.15, 0.2) is 0 Å². The van der Waals surface area contributed by atoms with E-state index in [4.69, 9.17) is 5.11 Å². The Balaban J connectivity index is -0.000000127. The Morgan fingerprint density at radius 2 is 0.816 bits per heavy atom. The molecule has 12 nitrogen and oxygen atoms in total. The second-order valence-electron chi connectivity index (χ2n) is 7.02. The summed E-state index contributed by atoms with van der Waals surface area (Å²) in [6.45, 7) is 11.4. The van der Waals surface area contributed by atoms with Crippen LogP contribution < -0.4 is 15.3 Å². The Bertz CT molecular complexity index is 718. The summed E-state index contributed by atoms with van der Waals surface area (Å²) >= 11 is 0. The SMILES string of the molecule is C=CCCC(=O)CC(=O)[O-].C=CCCC(=O)CC(=O)[O-].C=CCCC(=O)CC(=O)[O-].CC(=O)CC(=O)O.[Nd+3]. The summed E-state index contributed by atoms with van der Waals surface area (Å²) in [4.78, 5) is 80.5. The zero-order valence-corrected chi connectivity index (χ0v) is 24.6. The number of ketones is 4. The molecule has 0 rings (SSSR count). The van der Waals surface area contributed by atoms with E-state index in [9.17, 15) is 53.7 Å². The van der Waals surface area contributed by atoms with Gasteiger partial charge in [0.25, 0.3) is 0 Å². The topological polar surface area (TPSA) is 226 Å². The average Bonchev–Trinajstić information content (AvgIpc) is 2.74. The zero-order chi connectivity index (χ0) is 29.8. The number of hydrogen-bond acceptors (Lipinski definition) is 11. The van der Waals surface area contributed by atoms with Crippen LogP contribution >= 0.6 is 0 Å². The molecule has 38 heavy (non-hydrogen) atoms. The van der Waals surface area contributed by atoms with Crippen LogP contribution in [0.25, 0.3) is 0 Å². The maximum atomic E-state index is 10.5. The molecule has 209 valence electrons. The van der Waals surface area contributed by atoms with Crippen molar-refractivity contribution >= 4 is 47.0 Å². The summed E-state index contributed by atoms with van der Waals surface area (Å²) < 4.78 is 0. The van der Waals surface area contributed by atoms with Gasteiger partial charge in [0.1, 0.15) is 29.6 Å². The van der Waals surface area contributed by atoms with E-state index in [2.05, 4.69) is 19.7 Å². The van der Waals surface area contributed by atoms with Crippen molar-refractivity contribution in [3.63, 3.8) is 0 Å². The summed E-state index contributed by atoms with van der Waals surface area (Å²) in [7, 11) is 0. The van der Waals surface area contributed by atoms with E-state index in [0.29, 0.717) is 19.3 Å². The second kappa shape index (κ2) is 32.2. The molecule has 0 aromatic rings. The fourth-order valence-electron chi connectivity index (χ4n) is 1.75. The summed E-state index contributed by atoms with van der Waals surface area (Å²) in [6.07, 6.45) is 5.28. The van der Waals surface area contributed by atoms with Gasteiger partial charge in [-0.2, -0.15) is 0 Å². The van der Waals surface area contributed by atoms with Gasteiger partial charge < -0.3 is 34.8 Å². The summed E-state index contributed by atoms with van der Waals surface area (Å²) in [6, 6.07) is 0. The molecule has 0 atom stereocenters. The third kappa shape index (κ3) is 54.2. The number of carboxylic acids is 4. The molecule has 0 saturated carbocycles. The minimum absolute atomic E-state index is 0. The van der Waals surface area contributed by atoms with Gasteiger partial charge in [0.05, 0.1) is 0 Å². The number of hydrogen-bond donors (Lipinski definition) is 1. The largest absolute Gasteiger partial charge is 3.00 e. The Labute approximate surface area is 254 Å². The van der Waals surface area contributed by atoms with Crippen LogP contribution in [0.2, 0.25) is 0 Å². The summed E-state index contributed by atoms with van der Waals surface area (Å²) in [5, 5.41) is 37.3. The van der Waals surface area contributed by atoms with E-state index in [1.807, 2.05) is 0 Å². The summed E-state index contributed by atoms with van der Waals surface area (Å²) in [5.74, 6) is -6.23. The van der Waals surface area contributed by atoms with Gasteiger partial charge in [-0.3, -0.25) is 24.0 Å². The van der Waals surface area contributed by atoms with E-state index in [0.717, 1.165) is 0 Å². The van der Waals surface area contributed by atoms with Gasteiger partial charge in [0, 0.05) is 56.4 Å². The molecule has 1 N–H and O–H groups in total. The molecule has 0 aliphatic heterocycles. The van der Waals surface area contributed by atoms with Crippen LogP contribution in [0, 0.1) is 40.8 Å². The number of aliphatic carboxylic acids is 4. The second-order valence-corrected chi connectivity index (χ2v) is 7.02. The first-order valence-electron chi connectivity index (χ1n) is 10.8. The standard InChI is InChI=1S/3C7H10O3.C4H6O3.Nd/c3*1-2-3-4-6(8)5-7(9)10;1-3(5)2-4(6)7;/h3*2H,1,3-5H2,(H,9,10);2H2,1H3,(H,6,7);/q;;;;+3/p-3. The predicted octanol–water partition coefficient (Wildman–Crippen LogP) is -0.965. The van der Waals surface area contributed by atoms with Crippen molar-refractivity contribution in [2.24, 2.45) is 0 Å². The van der Waals surface area contributed by atoms with Crippen LogP contribution in [0.3, 0.4) is 0 Å². The Morgan fingerprint density at radius 3 is 0.921 bits per heavy atom. The first kappa shape index (κ1) is 45.1. The molecule has 0 aliphatic carbocycles. The number of rotatable bonds is 17. The van der Waals surface area contributed by atoms with Crippen LogP contribution in [0.1, 0.15) is 71.1 Å². The third-order valence-electron chi connectivity index (χ3n) is 3.31. The van der Waals surface area contributed by atoms with Crippen molar-refractivity contribution in [1.29, 1.82) is 0 Å². The Morgan fingerprint density at radius 1 is 0.579 bits per heavy atom. The molecule has 0 aromatic heterocycles. The van der Waals surface area contributed by atoms with Crippen molar-refractivity contribution in [2.75, 3.05) is 0 Å². The molecule has 1 radical (unpaired) electrons. The average molecular weight is 670 g/mol. The molecule has 0 aromatic carbocycles. The maximum Gasteiger partial charge on any atom is 3.00 e. The monoisotopic (exact) mass is 667 g/mol. The molecular formula is C25H33NdO12. The van der Waals surface area contributed by atoms with Gasteiger partial charge in [-0.25, -0.2) is 0 Å². The quantitative estimate of drug-likeness (QED) is 0.146. The van der Waals surface area contributed by atoms with Gasteiger partial charge >= 0.3 is 46.8 Å². The molecule has 0 bridgehead atoms. The predicted molar refractivity (Wildman–Crippen MR) is 125 cm³/mol. The van der Waals surface area contributed by atoms with Crippen LogP contribution in [0.4, 0.5) is 0 Å². The minimum atomic E-state index is -1.31. The van der Waals surface area contributed by atoms with Gasteiger partial charge in [-0.1, -0.05) is 18.2 Å². The molecule has 0 fully saturated rings. The first-order valence-corrected chi connectivity index (χ1v) is 10.8. The number of Topliss-reactive ketones (excluding diaryl/α,β-unsaturated/α-hetero) is 4. The molecule has 0 unspecified atom stereocenters. The van der Waals surface area contributed by atoms with Crippen LogP contribution in [0.5, 0.6) is 0 Å². The van der Waals surface area contributed by atoms with E-state index >= 15 is 0 Å². The Hall–Kier alpha value is -2.87. The molecule has 0 amide bonds. The van der Waals surface area contributed by atoms with Gasteiger partial charge in [-0.05, 0) is 26.2 Å². The number of allylic oxidation sites excluding steroid dienone is 3. The molecule has 0 spiro atoms. The molecule has 0 saturated heterocycles. The number of carboxylic acid groups (broad SMARTS) is 4. The molecule has 13 heteroatoms.